The van der Waals surface area contributed by atoms with Crippen LogP contribution in [0, 0.1) is 5.92 Å². The molecular weight excluding hydrogens is 514 g/mol. The summed E-state index contributed by atoms with van der Waals surface area (Å²) in [5.41, 5.74) is 1.80. The van der Waals surface area contributed by atoms with Crippen molar-refractivity contribution in [2.45, 2.75) is 97.9 Å². The summed E-state index contributed by atoms with van der Waals surface area (Å²) < 4.78 is 5.49. The molecule has 2 aromatic rings. The Kier molecular flexibility index (Phi) is 13.6. The number of rotatable bonds is 15. The van der Waals surface area contributed by atoms with Crippen LogP contribution in [0.3, 0.4) is 0 Å². The monoisotopic (exact) mass is 563 g/mol. The molecule has 2 rings (SSSR count). The predicted molar refractivity (Wildman–Crippen MR) is 166 cm³/mol. The van der Waals surface area contributed by atoms with Gasteiger partial charge in [-0.1, -0.05) is 101 Å². The van der Waals surface area contributed by atoms with Crippen molar-refractivity contribution in [3.8, 4) is 0 Å². The Morgan fingerprint density at radius 3 is 2.32 bits per heavy atom. The van der Waals surface area contributed by atoms with Crippen LogP contribution in [0.2, 0.25) is 0 Å². The topological polar surface area (TPSA) is 87.7 Å². The number of benzene rings is 2. The van der Waals surface area contributed by atoms with E-state index in [4.69, 9.17) is 4.74 Å². The first kappa shape index (κ1) is 33.6. The molecule has 0 aliphatic rings. The van der Waals surface area contributed by atoms with Crippen molar-refractivity contribution >= 4 is 24.0 Å². The number of carbonyl (C=O) groups is 3. The molecule has 0 heterocycles. The van der Waals surface area contributed by atoms with Gasteiger partial charge in [-0.25, -0.2) is 4.79 Å². The highest BCUT2D eigenvalue weighted by molar-refractivity contribution is 5.92. The lowest BCUT2D eigenvalue weighted by molar-refractivity contribution is -0.143. The molecule has 0 fully saturated rings. The van der Waals surface area contributed by atoms with Gasteiger partial charge in [0.25, 0.3) is 0 Å². The van der Waals surface area contributed by atoms with Crippen LogP contribution in [0.25, 0.3) is 6.08 Å². The van der Waals surface area contributed by atoms with E-state index in [2.05, 4.69) is 24.1 Å². The molecule has 224 valence electrons. The lowest BCUT2D eigenvalue weighted by Crippen LogP contribution is -2.53. The van der Waals surface area contributed by atoms with E-state index in [0.717, 1.165) is 36.8 Å². The van der Waals surface area contributed by atoms with Crippen molar-refractivity contribution in [2.24, 2.45) is 5.92 Å². The molecule has 7 heteroatoms. The van der Waals surface area contributed by atoms with Crippen molar-refractivity contribution < 1.29 is 19.1 Å². The van der Waals surface area contributed by atoms with E-state index in [-0.39, 0.29) is 17.7 Å². The number of alkyl carbamates (subject to hydrolysis) is 1. The maximum absolute atomic E-state index is 14.3. The fourth-order valence-electron chi connectivity index (χ4n) is 4.63. The molecule has 0 saturated heterocycles. The van der Waals surface area contributed by atoms with Gasteiger partial charge in [0.1, 0.15) is 17.7 Å². The van der Waals surface area contributed by atoms with E-state index < -0.39 is 23.8 Å². The van der Waals surface area contributed by atoms with E-state index in [9.17, 15) is 14.4 Å². The zero-order valence-corrected chi connectivity index (χ0v) is 25.7. The molecule has 0 bridgehead atoms. The van der Waals surface area contributed by atoms with Gasteiger partial charge in [-0.15, -0.1) is 0 Å². The van der Waals surface area contributed by atoms with Gasteiger partial charge in [0, 0.05) is 13.1 Å². The highest BCUT2D eigenvalue weighted by Crippen LogP contribution is 2.26. The van der Waals surface area contributed by atoms with Crippen LogP contribution >= 0.6 is 0 Å². The third-order valence-electron chi connectivity index (χ3n) is 6.56. The summed E-state index contributed by atoms with van der Waals surface area (Å²) in [7, 11) is 0. The molecule has 2 unspecified atom stereocenters. The fraction of sp³-hybridized carbons (Fsp3) is 0.500. The van der Waals surface area contributed by atoms with Crippen molar-refractivity contribution in [3.63, 3.8) is 0 Å². The molecule has 0 saturated carbocycles. The molecule has 7 nitrogen and oxygen atoms in total. The van der Waals surface area contributed by atoms with E-state index in [1.807, 2.05) is 68.4 Å². The number of hydrogen-bond donors (Lipinski definition) is 2. The Bertz CT molecular complexity index is 1120. The number of nitrogens with one attached hydrogen (secondary N) is 2. The van der Waals surface area contributed by atoms with E-state index >= 15 is 0 Å². The number of nitrogens with zero attached hydrogens (tertiary/aromatic N) is 1. The maximum Gasteiger partial charge on any atom is 0.408 e. The molecule has 41 heavy (non-hydrogen) atoms. The first-order chi connectivity index (χ1) is 19.4. The van der Waals surface area contributed by atoms with E-state index in [0.29, 0.717) is 25.1 Å². The Balaban J connectivity index is 2.51. The summed E-state index contributed by atoms with van der Waals surface area (Å²) in [5.74, 6) is -0.459. The third kappa shape index (κ3) is 11.8. The predicted octanol–water partition coefficient (Wildman–Crippen LogP) is 7.04. The molecule has 0 spiro atoms. The average molecular weight is 564 g/mol. The second kappa shape index (κ2) is 16.6. The molecular formula is C34H49N3O4. The second-order valence-corrected chi connectivity index (χ2v) is 11.9. The van der Waals surface area contributed by atoms with Crippen molar-refractivity contribution in [2.75, 3.05) is 6.54 Å². The Hall–Kier alpha value is -3.61. The molecule has 0 radical (unpaired) electrons. The van der Waals surface area contributed by atoms with Crippen LogP contribution in [-0.2, 0) is 20.9 Å². The molecule has 2 N–H and O–H groups in total. The summed E-state index contributed by atoms with van der Waals surface area (Å²) in [6.07, 6.45) is 5.23. The standard InChI is InChI=1S/C34H49N3O4/c1-8-10-11-15-21-37(32(39)29(22-25(3)4)36-33(40)41-34(5,6)7)30(28-20-16-19-26(9-2)23-28)31(38)35-24-27-17-13-12-14-18-27/h9,12-14,16-20,23,25,29-30H,2,8,10-11,15,21-22,24H2,1,3-7H3,(H,35,38)(H,36,40). The Labute approximate surface area is 246 Å². The minimum atomic E-state index is -0.886. The third-order valence-corrected chi connectivity index (χ3v) is 6.56. The highest BCUT2D eigenvalue weighted by atomic mass is 16.6. The SMILES string of the molecule is C=Cc1cccc(C(C(=O)NCc2ccccc2)N(CCCCCC)C(=O)C(CC(C)C)NC(=O)OC(C)(C)C)c1. The van der Waals surface area contributed by atoms with Crippen LogP contribution < -0.4 is 10.6 Å². The van der Waals surface area contributed by atoms with Crippen LogP contribution in [-0.4, -0.2) is 41.0 Å². The smallest absolute Gasteiger partial charge is 0.408 e. The summed E-state index contributed by atoms with van der Waals surface area (Å²) in [5, 5.41) is 5.86. The van der Waals surface area contributed by atoms with Crippen molar-refractivity contribution in [1.29, 1.82) is 0 Å². The molecule has 2 atom stereocenters. The number of ether oxygens (including phenoxy) is 1. The van der Waals surface area contributed by atoms with Gasteiger partial charge >= 0.3 is 6.09 Å². The lowest BCUT2D eigenvalue weighted by Gasteiger charge is -2.35. The zero-order valence-electron chi connectivity index (χ0n) is 25.7. The van der Waals surface area contributed by atoms with Crippen molar-refractivity contribution in [1.82, 2.24) is 15.5 Å². The number of carbonyl (C=O) groups excluding carboxylic acids is 3. The number of unbranched alkanes of at least 4 members (excludes halogenated alkanes) is 3. The summed E-state index contributed by atoms with van der Waals surface area (Å²) >= 11 is 0. The minimum Gasteiger partial charge on any atom is -0.444 e. The van der Waals surface area contributed by atoms with Gasteiger partial charge in [0.2, 0.25) is 11.8 Å². The molecule has 0 aliphatic heterocycles. The molecule has 0 aliphatic carbocycles. The van der Waals surface area contributed by atoms with Gasteiger partial charge in [-0.2, -0.15) is 0 Å². The first-order valence-electron chi connectivity index (χ1n) is 14.8. The molecule has 3 amide bonds. The van der Waals surface area contributed by atoms with Crippen LogP contribution in [0.5, 0.6) is 0 Å². The van der Waals surface area contributed by atoms with E-state index in [1.165, 1.54) is 0 Å². The fourth-order valence-corrected chi connectivity index (χ4v) is 4.63. The van der Waals surface area contributed by atoms with Crippen LogP contribution in [0.4, 0.5) is 4.79 Å². The van der Waals surface area contributed by atoms with Crippen LogP contribution in [0.15, 0.2) is 61.2 Å². The first-order valence-corrected chi connectivity index (χ1v) is 14.8. The Morgan fingerprint density at radius 1 is 1.00 bits per heavy atom. The number of amides is 3. The quantitative estimate of drug-likeness (QED) is 0.228. The van der Waals surface area contributed by atoms with Gasteiger partial charge in [-0.05, 0) is 62.3 Å². The van der Waals surface area contributed by atoms with Gasteiger partial charge in [0.15, 0.2) is 0 Å². The number of hydrogen-bond acceptors (Lipinski definition) is 4. The molecule has 0 aromatic heterocycles. The van der Waals surface area contributed by atoms with E-state index in [1.54, 1.807) is 31.7 Å². The summed E-state index contributed by atoms with van der Waals surface area (Å²) in [4.78, 5) is 42.8. The summed E-state index contributed by atoms with van der Waals surface area (Å²) in [6, 6.07) is 15.5. The average Bonchev–Trinajstić information content (AvgIpc) is 2.92. The second-order valence-electron chi connectivity index (χ2n) is 11.9. The van der Waals surface area contributed by atoms with Gasteiger partial charge in [0.05, 0.1) is 0 Å². The highest BCUT2D eigenvalue weighted by Gasteiger charge is 2.36. The summed E-state index contributed by atoms with van der Waals surface area (Å²) in [6.45, 7) is 16.1. The zero-order chi connectivity index (χ0) is 30.4. The maximum atomic E-state index is 14.3. The molecule has 2 aromatic carbocycles. The normalized spacial score (nSPS) is 12.8. The Morgan fingerprint density at radius 2 is 1.71 bits per heavy atom. The van der Waals surface area contributed by atoms with Crippen LogP contribution in [0.1, 0.15) is 96.4 Å². The lowest BCUT2D eigenvalue weighted by atomic mass is 9.97. The van der Waals surface area contributed by atoms with Gasteiger partial charge < -0.3 is 20.3 Å². The van der Waals surface area contributed by atoms with Gasteiger partial charge in [-0.3, -0.25) is 9.59 Å². The van der Waals surface area contributed by atoms with Crippen molar-refractivity contribution in [3.05, 3.63) is 77.9 Å². The largest absolute Gasteiger partial charge is 0.444 e. The minimum absolute atomic E-state index is 0.121.